The second-order valence-corrected chi connectivity index (χ2v) is 6.90. The van der Waals surface area contributed by atoms with Crippen molar-refractivity contribution >= 4 is 18.9 Å². The number of nitrogens with zero attached hydrogens (tertiary/aromatic N) is 3. The van der Waals surface area contributed by atoms with Crippen LogP contribution in [0.15, 0.2) is 36.4 Å². The minimum Gasteiger partial charge on any atom is -0.507 e. The molecule has 3 saturated carbocycles. The van der Waals surface area contributed by atoms with Crippen molar-refractivity contribution in [3.63, 3.8) is 0 Å². The predicted octanol–water partition coefficient (Wildman–Crippen LogP) is 2.98. The van der Waals surface area contributed by atoms with Crippen LogP contribution in [0, 0.1) is 5.92 Å². The van der Waals surface area contributed by atoms with Gasteiger partial charge in [0.2, 0.25) is 0 Å². The number of para-hydroxylation sites is 1. The van der Waals surface area contributed by atoms with Crippen LogP contribution in [0.25, 0.3) is 22.3 Å². The first kappa shape index (κ1) is 13.2. The molecule has 112 valence electrons. The molecule has 0 saturated heterocycles. The topological polar surface area (TPSA) is 50.9 Å². The van der Waals surface area contributed by atoms with Gasteiger partial charge in [0.15, 0.2) is 0 Å². The smallest absolute Gasteiger partial charge is 0.125 e. The van der Waals surface area contributed by atoms with E-state index in [1.54, 1.807) is 6.07 Å². The van der Waals surface area contributed by atoms with Crippen molar-refractivity contribution < 1.29 is 5.11 Å². The lowest BCUT2D eigenvalue weighted by Crippen LogP contribution is -2.59. The monoisotopic (exact) mass is 301 g/mol. The Labute approximate surface area is 135 Å². The van der Waals surface area contributed by atoms with Crippen LogP contribution in [0.2, 0.25) is 0 Å². The Bertz CT molecular complexity index is 916. The van der Waals surface area contributed by atoms with Crippen LogP contribution in [0.1, 0.15) is 25.0 Å². The van der Waals surface area contributed by atoms with Gasteiger partial charge in [0.05, 0.1) is 19.1 Å². The highest BCUT2D eigenvalue weighted by molar-refractivity contribution is 6.08. The molecule has 2 bridgehead atoms. The Hall–Kier alpha value is -2.30. The number of benzene rings is 1. The first-order chi connectivity index (χ1) is 11.2. The fraction of sp³-hybridized carbons (Fsp3) is 0.333. The molecule has 0 unspecified atom stereocenters. The zero-order chi connectivity index (χ0) is 15.6. The van der Waals surface area contributed by atoms with E-state index in [9.17, 15) is 5.11 Å². The second kappa shape index (κ2) is 4.37. The Balaban J connectivity index is 1.73. The van der Waals surface area contributed by atoms with Gasteiger partial charge in [0.25, 0.3) is 0 Å². The number of phenols is 1. The minimum absolute atomic E-state index is 0.226. The molecule has 3 aromatic rings. The normalized spacial score (nSPS) is 25.1. The van der Waals surface area contributed by atoms with Crippen LogP contribution in [-0.4, -0.2) is 27.7 Å². The van der Waals surface area contributed by atoms with Gasteiger partial charge in [-0.2, -0.15) is 0 Å². The summed E-state index contributed by atoms with van der Waals surface area (Å²) in [4.78, 5) is 0. The third-order valence-corrected chi connectivity index (χ3v) is 5.50. The van der Waals surface area contributed by atoms with E-state index in [-0.39, 0.29) is 11.3 Å². The number of rotatable bonds is 3. The van der Waals surface area contributed by atoms with Crippen LogP contribution in [0.4, 0.5) is 0 Å². The van der Waals surface area contributed by atoms with E-state index in [0.717, 1.165) is 22.6 Å². The highest BCUT2D eigenvalue weighted by atomic mass is 16.3. The van der Waals surface area contributed by atoms with Crippen LogP contribution in [0.3, 0.4) is 0 Å². The molecule has 6 rings (SSSR count). The summed E-state index contributed by atoms with van der Waals surface area (Å²) >= 11 is 0. The van der Waals surface area contributed by atoms with Gasteiger partial charge in [-0.15, -0.1) is 10.2 Å². The molecule has 2 radical (unpaired) electrons. The molecule has 4 nitrogen and oxygen atoms in total. The van der Waals surface area contributed by atoms with E-state index < -0.39 is 0 Å². The van der Waals surface area contributed by atoms with E-state index in [1.807, 2.05) is 24.3 Å². The first-order valence-electron chi connectivity index (χ1n) is 8.07. The molecular weight excluding hydrogens is 285 g/mol. The lowest BCUT2D eigenvalue weighted by molar-refractivity contribution is -0.0868. The molecule has 0 spiro atoms. The summed E-state index contributed by atoms with van der Waals surface area (Å²) in [6, 6.07) is 11.3. The van der Waals surface area contributed by atoms with Crippen molar-refractivity contribution in [1.82, 2.24) is 14.8 Å². The zero-order valence-electron chi connectivity index (χ0n) is 12.7. The van der Waals surface area contributed by atoms with Crippen molar-refractivity contribution in [2.45, 2.75) is 31.1 Å². The van der Waals surface area contributed by atoms with Crippen molar-refractivity contribution in [2.24, 2.45) is 5.92 Å². The summed E-state index contributed by atoms with van der Waals surface area (Å²) < 4.78 is 2.39. The van der Waals surface area contributed by atoms with Crippen LogP contribution in [0.5, 0.6) is 5.75 Å². The number of aromatic nitrogens is 3. The molecule has 2 heterocycles. The largest absolute Gasteiger partial charge is 0.507 e. The summed E-state index contributed by atoms with van der Waals surface area (Å²) in [7, 11) is 5.97. The lowest BCUT2D eigenvalue weighted by atomic mass is 9.49. The van der Waals surface area contributed by atoms with Gasteiger partial charge in [0, 0.05) is 16.8 Å². The van der Waals surface area contributed by atoms with Crippen molar-refractivity contribution in [3.05, 3.63) is 42.1 Å². The minimum atomic E-state index is 0.226. The fourth-order valence-corrected chi connectivity index (χ4v) is 4.29. The number of hydrogen-bond donors (Lipinski definition) is 1. The molecule has 5 heteroatoms. The highest BCUT2D eigenvalue weighted by Gasteiger charge is 2.58. The number of phenolic OH excluding ortho intramolecular Hbond substituents is 1. The Morgan fingerprint density at radius 1 is 1.17 bits per heavy atom. The van der Waals surface area contributed by atoms with Gasteiger partial charge in [-0.05, 0) is 55.8 Å². The van der Waals surface area contributed by atoms with Crippen molar-refractivity contribution in [3.8, 4) is 17.0 Å². The van der Waals surface area contributed by atoms with E-state index >= 15 is 0 Å². The quantitative estimate of drug-likeness (QED) is 0.757. The van der Waals surface area contributed by atoms with E-state index in [1.165, 1.54) is 19.3 Å². The Kier molecular flexibility index (Phi) is 2.50. The maximum atomic E-state index is 10.1. The average molecular weight is 301 g/mol. The predicted molar refractivity (Wildman–Crippen MR) is 89.4 cm³/mol. The summed E-state index contributed by atoms with van der Waals surface area (Å²) in [5, 5.41) is 18.8. The molecule has 1 aromatic carbocycles. The molecule has 0 atom stereocenters. The Morgan fingerprint density at radius 2 is 1.96 bits per heavy atom. The molecule has 2 aromatic heterocycles. The van der Waals surface area contributed by atoms with E-state index in [0.29, 0.717) is 17.6 Å². The molecule has 3 aliphatic rings. The summed E-state index contributed by atoms with van der Waals surface area (Å²) in [5.74, 6) is 1.12. The van der Waals surface area contributed by atoms with Gasteiger partial charge in [-0.1, -0.05) is 12.1 Å². The standard InChI is InChI=1S/C18H16BN3O/c19-10-12-5-15-16(22(12)18-7-11(8-18)9-18)6-14(20-21-15)13-3-1-2-4-17(13)23/h1-6,11,23H,7-10H2. The van der Waals surface area contributed by atoms with Crippen LogP contribution >= 0.6 is 0 Å². The molecule has 1 N–H and O–H groups in total. The molecule has 23 heavy (non-hydrogen) atoms. The maximum absolute atomic E-state index is 10.1. The third kappa shape index (κ3) is 1.68. The molecule has 0 aliphatic heterocycles. The SMILES string of the molecule is [B]Cc1cc2nnc(-c3ccccc3O)cc2n1C12CC(C1)C2. The molecule has 0 amide bonds. The van der Waals surface area contributed by atoms with E-state index in [2.05, 4.69) is 20.8 Å². The maximum Gasteiger partial charge on any atom is 0.125 e. The fourth-order valence-electron chi connectivity index (χ4n) is 4.29. The highest BCUT2D eigenvalue weighted by Crippen LogP contribution is 2.63. The number of aromatic hydroxyl groups is 1. The van der Waals surface area contributed by atoms with Crippen molar-refractivity contribution in [2.75, 3.05) is 0 Å². The van der Waals surface area contributed by atoms with Crippen LogP contribution < -0.4 is 0 Å². The van der Waals surface area contributed by atoms with E-state index in [4.69, 9.17) is 7.85 Å². The Morgan fingerprint density at radius 3 is 2.61 bits per heavy atom. The summed E-state index contributed by atoms with van der Waals surface area (Å²) in [5.41, 5.74) is 4.75. The average Bonchev–Trinajstić information content (AvgIpc) is 2.83. The van der Waals surface area contributed by atoms with Gasteiger partial charge in [0.1, 0.15) is 11.3 Å². The summed E-state index contributed by atoms with van der Waals surface area (Å²) in [6.07, 6.45) is 4.25. The third-order valence-electron chi connectivity index (χ3n) is 5.50. The van der Waals surface area contributed by atoms with Crippen molar-refractivity contribution in [1.29, 1.82) is 0 Å². The van der Waals surface area contributed by atoms with Gasteiger partial charge >= 0.3 is 0 Å². The number of hydrogen-bond acceptors (Lipinski definition) is 3. The van der Waals surface area contributed by atoms with Crippen LogP contribution in [-0.2, 0) is 11.9 Å². The second-order valence-electron chi connectivity index (χ2n) is 6.90. The molecule has 3 aliphatic carbocycles. The van der Waals surface area contributed by atoms with Gasteiger partial charge in [-0.3, -0.25) is 0 Å². The van der Waals surface area contributed by atoms with Gasteiger partial charge in [-0.25, -0.2) is 0 Å². The van der Waals surface area contributed by atoms with Gasteiger partial charge < -0.3 is 9.67 Å². The summed E-state index contributed by atoms with van der Waals surface area (Å²) in [6.45, 7) is 0. The zero-order valence-corrected chi connectivity index (χ0v) is 12.7. The molecular formula is C18H16BN3O. The number of fused-ring (bicyclic) bond motifs is 1. The lowest BCUT2D eigenvalue weighted by Gasteiger charge is -2.63. The molecule has 3 fully saturated rings. The first-order valence-corrected chi connectivity index (χ1v) is 8.07.